The Kier molecular flexibility index (Phi) is 2.64. The molecule has 0 aliphatic heterocycles. The minimum atomic E-state index is -1.12. The molecule has 1 heterocycles. The van der Waals surface area contributed by atoms with E-state index in [1.165, 1.54) is 12.4 Å². The summed E-state index contributed by atoms with van der Waals surface area (Å²) in [5.41, 5.74) is 4.48. The van der Waals surface area contributed by atoms with Crippen molar-refractivity contribution in [3.8, 4) is 0 Å². The highest BCUT2D eigenvalue weighted by Crippen LogP contribution is 2.33. The zero-order valence-corrected chi connectivity index (χ0v) is 8.73. The fourth-order valence-corrected chi connectivity index (χ4v) is 1.94. The first-order valence-corrected chi connectivity index (χ1v) is 5.16. The third kappa shape index (κ3) is 1.78. The molecule has 1 aliphatic rings. The summed E-state index contributed by atoms with van der Waals surface area (Å²) in [6, 6.07) is 0. The Balaban J connectivity index is 2.13. The molecule has 1 amide bonds. The lowest BCUT2D eigenvalue weighted by Gasteiger charge is -2.24. The number of aromatic nitrogens is 2. The quantitative estimate of drug-likeness (QED) is 0.723. The molecule has 1 fully saturated rings. The van der Waals surface area contributed by atoms with Crippen LogP contribution in [0.4, 0.5) is 0 Å². The van der Waals surface area contributed by atoms with Crippen molar-refractivity contribution < 1.29 is 14.3 Å². The molecule has 16 heavy (non-hydrogen) atoms. The predicted octanol–water partition coefficient (Wildman–Crippen LogP) is 0.365. The first kappa shape index (κ1) is 10.7. The zero-order chi connectivity index (χ0) is 11.6. The Morgan fingerprint density at radius 3 is 2.62 bits per heavy atom. The number of aromatic amines is 1. The van der Waals surface area contributed by atoms with Gasteiger partial charge in [0.25, 0.3) is 5.91 Å². The van der Waals surface area contributed by atoms with Gasteiger partial charge in [-0.25, -0.2) is 4.79 Å². The minimum absolute atomic E-state index is 0.299. The van der Waals surface area contributed by atoms with E-state index in [9.17, 15) is 9.59 Å². The molecule has 6 heteroatoms. The number of hydrogen-bond acceptors (Lipinski definition) is 4. The minimum Gasteiger partial charge on any atom is -0.445 e. The van der Waals surface area contributed by atoms with Crippen molar-refractivity contribution in [2.45, 2.75) is 31.3 Å². The summed E-state index contributed by atoms with van der Waals surface area (Å²) in [6.07, 6.45) is 5.49. The summed E-state index contributed by atoms with van der Waals surface area (Å²) in [7, 11) is 0. The second-order valence-electron chi connectivity index (χ2n) is 3.94. The number of ether oxygens (including phenoxy) is 1. The number of carbonyl (C=O) groups excluding carboxylic acids is 2. The molecule has 2 rings (SSSR count). The van der Waals surface area contributed by atoms with E-state index in [4.69, 9.17) is 10.5 Å². The van der Waals surface area contributed by atoms with E-state index in [2.05, 4.69) is 10.2 Å². The fourth-order valence-electron chi connectivity index (χ4n) is 1.94. The van der Waals surface area contributed by atoms with E-state index in [1.807, 2.05) is 0 Å². The van der Waals surface area contributed by atoms with Crippen molar-refractivity contribution in [3.05, 3.63) is 18.0 Å². The van der Waals surface area contributed by atoms with E-state index in [0.29, 0.717) is 18.4 Å². The summed E-state index contributed by atoms with van der Waals surface area (Å²) in [5, 5.41) is 6.15. The maximum atomic E-state index is 11.7. The predicted molar refractivity (Wildman–Crippen MR) is 54.4 cm³/mol. The Morgan fingerprint density at radius 2 is 2.12 bits per heavy atom. The lowest BCUT2D eigenvalue weighted by Crippen LogP contribution is -2.45. The molecule has 1 aromatic heterocycles. The lowest BCUT2D eigenvalue weighted by molar-refractivity contribution is -0.136. The third-order valence-electron chi connectivity index (χ3n) is 2.88. The highest BCUT2D eigenvalue weighted by Gasteiger charge is 2.43. The molecule has 6 nitrogen and oxygen atoms in total. The molecule has 0 aromatic carbocycles. The van der Waals surface area contributed by atoms with Crippen molar-refractivity contribution in [2.75, 3.05) is 0 Å². The molecule has 0 unspecified atom stereocenters. The molecule has 0 radical (unpaired) electrons. The van der Waals surface area contributed by atoms with Crippen LogP contribution < -0.4 is 5.73 Å². The van der Waals surface area contributed by atoms with Crippen molar-refractivity contribution in [2.24, 2.45) is 5.73 Å². The van der Waals surface area contributed by atoms with Crippen LogP contribution in [0, 0.1) is 0 Å². The van der Waals surface area contributed by atoms with Crippen molar-refractivity contribution in [3.63, 3.8) is 0 Å². The highest BCUT2D eigenvalue weighted by atomic mass is 16.6. The van der Waals surface area contributed by atoms with Gasteiger partial charge in [-0.05, 0) is 25.7 Å². The Hall–Kier alpha value is -1.85. The summed E-state index contributed by atoms with van der Waals surface area (Å²) in [4.78, 5) is 23.0. The maximum Gasteiger partial charge on any atom is 0.342 e. The van der Waals surface area contributed by atoms with Gasteiger partial charge in [0.05, 0.1) is 11.8 Å². The molecule has 0 bridgehead atoms. The molecule has 3 N–H and O–H groups in total. The summed E-state index contributed by atoms with van der Waals surface area (Å²) >= 11 is 0. The average Bonchev–Trinajstić information content (AvgIpc) is 2.88. The molecule has 0 spiro atoms. The van der Waals surface area contributed by atoms with Crippen molar-refractivity contribution in [1.82, 2.24) is 10.2 Å². The molecular formula is C10H13N3O3. The van der Waals surface area contributed by atoms with Crippen LogP contribution in [0.25, 0.3) is 0 Å². The molecule has 1 saturated carbocycles. The zero-order valence-electron chi connectivity index (χ0n) is 8.73. The number of esters is 1. The second kappa shape index (κ2) is 3.96. The van der Waals surface area contributed by atoms with Crippen LogP contribution in [0.5, 0.6) is 0 Å². The maximum absolute atomic E-state index is 11.7. The summed E-state index contributed by atoms with van der Waals surface area (Å²) in [6.45, 7) is 0. The van der Waals surface area contributed by atoms with Crippen molar-refractivity contribution >= 4 is 11.9 Å². The number of carbonyl (C=O) groups is 2. The van der Waals surface area contributed by atoms with Crippen LogP contribution >= 0.6 is 0 Å². The Morgan fingerprint density at radius 1 is 1.44 bits per heavy atom. The lowest BCUT2D eigenvalue weighted by atomic mass is 10.0. The van der Waals surface area contributed by atoms with Crippen LogP contribution in [-0.4, -0.2) is 27.7 Å². The van der Waals surface area contributed by atoms with E-state index in [1.54, 1.807) is 0 Å². The highest BCUT2D eigenvalue weighted by molar-refractivity contribution is 5.93. The number of amides is 1. The number of nitrogens with one attached hydrogen (secondary N) is 1. The molecule has 0 saturated heterocycles. The number of H-pyrrole nitrogens is 1. The second-order valence-corrected chi connectivity index (χ2v) is 3.94. The Bertz CT molecular complexity index is 393. The molecule has 1 aromatic rings. The van der Waals surface area contributed by atoms with Gasteiger partial charge >= 0.3 is 5.97 Å². The van der Waals surface area contributed by atoms with E-state index in [0.717, 1.165) is 12.8 Å². The number of primary amides is 1. The number of nitrogens with zero attached hydrogens (tertiary/aromatic N) is 1. The number of nitrogens with two attached hydrogens (primary N) is 1. The van der Waals surface area contributed by atoms with Gasteiger partial charge in [-0.2, -0.15) is 5.10 Å². The topological polar surface area (TPSA) is 98.1 Å². The first-order chi connectivity index (χ1) is 7.64. The van der Waals surface area contributed by atoms with E-state index >= 15 is 0 Å². The Labute approximate surface area is 92.2 Å². The van der Waals surface area contributed by atoms with Crippen LogP contribution in [0.1, 0.15) is 36.0 Å². The summed E-state index contributed by atoms with van der Waals surface area (Å²) in [5.74, 6) is -1.13. The van der Waals surface area contributed by atoms with Gasteiger partial charge in [0.15, 0.2) is 5.60 Å². The number of rotatable bonds is 3. The molecular weight excluding hydrogens is 210 g/mol. The summed E-state index contributed by atoms with van der Waals surface area (Å²) < 4.78 is 5.23. The largest absolute Gasteiger partial charge is 0.445 e. The fraction of sp³-hybridized carbons (Fsp3) is 0.500. The van der Waals surface area contributed by atoms with Gasteiger partial charge in [0, 0.05) is 6.20 Å². The van der Waals surface area contributed by atoms with Gasteiger partial charge < -0.3 is 10.5 Å². The standard InChI is InChI=1S/C10H13N3O3/c11-9(15)10(3-1-2-4-10)16-8(14)7-5-12-13-6-7/h5-6H,1-4H2,(H2,11,15)(H,12,13). The van der Waals surface area contributed by atoms with Crippen LogP contribution in [0.15, 0.2) is 12.4 Å². The van der Waals surface area contributed by atoms with Gasteiger partial charge in [0.1, 0.15) is 0 Å². The normalized spacial score (nSPS) is 18.2. The van der Waals surface area contributed by atoms with Gasteiger partial charge in [-0.1, -0.05) is 0 Å². The molecule has 86 valence electrons. The van der Waals surface area contributed by atoms with Crippen LogP contribution in [-0.2, 0) is 9.53 Å². The first-order valence-electron chi connectivity index (χ1n) is 5.16. The van der Waals surface area contributed by atoms with Gasteiger partial charge in [-0.15, -0.1) is 0 Å². The number of hydrogen-bond donors (Lipinski definition) is 2. The molecule has 0 atom stereocenters. The third-order valence-corrected chi connectivity index (χ3v) is 2.88. The average molecular weight is 223 g/mol. The van der Waals surface area contributed by atoms with Crippen LogP contribution in [0.2, 0.25) is 0 Å². The smallest absolute Gasteiger partial charge is 0.342 e. The molecule has 1 aliphatic carbocycles. The monoisotopic (exact) mass is 223 g/mol. The van der Waals surface area contributed by atoms with Crippen LogP contribution in [0.3, 0.4) is 0 Å². The van der Waals surface area contributed by atoms with E-state index < -0.39 is 17.5 Å². The van der Waals surface area contributed by atoms with Crippen molar-refractivity contribution in [1.29, 1.82) is 0 Å². The SMILES string of the molecule is NC(=O)C1(OC(=O)c2cn[nH]c2)CCCC1. The van der Waals surface area contributed by atoms with Gasteiger partial charge in [0.2, 0.25) is 0 Å². The van der Waals surface area contributed by atoms with Gasteiger partial charge in [-0.3, -0.25) is 9.89 Å². The van der Waals surface area contributed by atoms with E-state index in [-0.39, 0.29) is 0 Å².